The van der Waals surface area contributed by atoms with Crippen LogP contribution in [-0.4, -0.2) is 17.1 Å². The zero-order chi connectivity index (χ0) is 13.5. The molecule has 0 fully saturated rings. The van der Waals surface area contributed by atoms with E-state index in [0.717, 1.165) is 33.8 Å². The molecule has 0 amide bonds. The number of thiazole rings is 1. The second-order valence-electron chi connectivity index (χ2n) is 5.00. The van der Waals surface area contributed by atoms with Crippen molar-refractivity contribution in [2.24, 2.45) is 0 Å². The third kappa shape index (κ3) is 1.88. The third-order valence-corrected chi connectivity index (χ3v) is 4.89. The number of fused-ring (bicyclic) bond motifs is 2. The molecule has 0 N–H and O–H groups in total. The van der Waals surface area contributed by atoms with Crippen molar-refractivity contribution < 1.29 is 4.74 Å². The third-order valence-electron chi connectivity index (χ3n) is 3.71. The minimum Gasteiger partial charge on any atom is -0.497 e. The Labute approximate surface area is 121 Å². The first-order valence-electron chi connectivity index (χ1n) is 6.77. The second-order valence-corrected chi connectivity index (χ2v) is 6.08. The number of rotatable bonds is 2. The van der Waals surface area contributed by atoms with Gasteiger partial charge in [-0.2, -0.15) is 0 Å². The van der Waals surface area contributed by atoms with Gasteiger partial charge in [0.15, 0.2) is 0 Å². The predicted octanol–water partition coefficient (Wildman–Crippen LogP) is 3.86. The van der Waals surface area contributed by atoms with Gasteiger partial charge in [0, 0.05) is 16.3 Å². The maximum absolute atomic E-state index is 5.26. The molecule has 2 heterocycles. The van der Waals surface area contributed by atoms with Crippen molar-refractivity contribution in [3.63, 3.8) is 0 Å². The van der Waals surface area contributed by atoms with Gasteiger partial charge in [0.1, 0.15) is 10.8 Å². The van der Waals surface area contributed by atoms with Gasteiger partial charge in [0.2, 0.25) is 0 Å². The van der Waals surface area contributed by atoms with E-state index in [1.54, 1.807) is 18.4 Å². The van der Waals surface area contributed by atoms with Crippen LogP contribution in [0.5, 0.6) is 5.75 Å². The monoisotopic (exact) mass is 282 g/mol. The lowest BCUT2D eigenvalue weighted by molar-refractivity contribution is 0.415. The van der Waals surface area contributed by atoms with Crippen molar-refractivity contribution in [2.45, 2.75) is 19.3 Å². The van der Waals surface area contributed by atoms with Crippen molar-refractivity contribution >= 4 is 22.2 Å². The summed E-state index contributed by atoms with van der Waals surface area (Å²) in [5.41, 5.74) is 3.19. The zero-order valence-corrected chi connectivity index (χ0v) is 12.0. The summed E-state index contributed by atoms with van der Waals surface area (Å²) in [4.78, 5) is 10.9. The Hall–Kier alpha value is -1.94. The Bertz CT molecular complexity index is 773. The lowest BCUT2D eigenvalue weighted by atomic mass is 10.2. The molecular weight excluding hydrogens is 268 g/mol. The summed E-state index contributed by atoms with van der Waals surface area (Å²) in [6.45, 7) is 0. The molecule has 0 radical (unpaired) electrons. The number of ether oxygens (including phenoxy) is 1. The van der Waals surface area contributed by atoms with E-state index in [4.69, 9.17) is 14.7 Å². The highest BCUT2D eigenvalue weighted by Crippen LogP contribution is 2.33. The molecule has 4 rings (SSSR count). The standard InChI is InChI=1S/C16H14N2OS/c1-19-11-7-5-10-6-8-13(17-14(10)9-11)16-18-12-3-2-4-15(12)20-16/h5-9H,2-4H2,1H3. The summed E-state index contributed by atoms with van der Waals surface area (Å²) >= 11 is 1.79. The SMILES string of the molecule is COc1ccc2ccc(-c3nc4c(s3)CCC4)nc2c1. The van der Waals surface area contributed by atoms with Crippen LogP contribution in [0.15, 0.2) is 30.3 Å². The lowest BCUT2D eigenvalue weighted by Crippen LogP contribution is -1.88. The minimum atomic E-state index is 0.837. The Balaban J connectivity index is 1.82. The first kappa shape index (κ1) is 11.9. The van der Waals surface area contributed by atoms with Gasteiger partial charge >= 0.3 is 0 Å². The zero-order valence-electron chi connectivity index (χ0n) is 11.2. The molecule has 3 aromatic rings. The van der Waals surface area contributed by atoms with Crippen LogP contribution in [0.3, 0.4) is 0 Å². The first-order chi connectivity index (χ1) is 9.83. The molecular formula is C16H14N2OS. The van der Waals surface area contributed by atoms with Crippen molar-refractivity contribution in [3.05, 3.63) is 40.9 Å². The molecule has 1 aliphatic carbocycles. The van der Waals surface area contributed by atoms with E-state index < -0.39 is 0 Å². The molecule has 2 aromatic heterocycles. The van der Waals surface area contributed by atoms with Crippen LogP contribution in [0.2, 0.25) is 0 Å². The molecule has 20 heavy (non-hydrogen) atoms. The molecule has 0 saturated heterocycles. The van der Waals surface area contributed by atoms with Crippen LogP contribution in [0, 0.1) is 0 Å². The number of hydrogen-bond acceptors (Lipinski definition) is 4. The van der Waals surface area contributed by atoms with Gasteiger partial charge in [-0.05, 0) is 37.5 Å². The van der Waals surface area contributed by atoms with Crippen LogP contribution in [0.1, 0.15) is 17.0 Å². The fraction of sp³-hybridized carbons (Fsp3) is 0.250. The molecule has 100 valence electrons. The summed E-state index contributed by atoms with van der Waals surface area (Å²) in [6.07, 6.45) is 3.54. The van der Waals surface area contributed by atoms with Crippen molar-refractivity contribution in [3.8, 4) is 16.5 Å². The molecule has 0 saturated carbocycles. The van der Waals surface area contributed by atoms with Crippen LogP contribution in [0.4, 0.5) is 0 Å². The van der Waals surface area contributed by atoms with Gasteiger partial charge in [-0.1, -0.05) is 6.07 Å². The number of methoxy groups -OCH3 is 1. The number of nitrogens with zero attached hydrogens (tertiary/aromatic N) is 2. The van der Waals surface area contributed by atoms with E-state index in [-0.39, 0.29) is 0 Å². The Kier molecular flexibility index (Phi) is 2.70. The van der Waals surface area contributed by atoms with Crippen molar-refractivity contribution in [1.29, 1.82) is 0 Å². The first-order valence-corrected chi connectivity index (χ1v) is 7.59. The molecule has 0 spiro atoms. The van der Waals surface area contributed by atoms with E-state index in [0.29, 0.717) is 0 Å². The number of pyridine rings is 1. The lowest BCUT2D eigenvalue weighted by Gasteiger charge is -2.03. The molecule has 3 nitrogen and oxygen atoms in total. The number of benzene rings is 1. The molecule has 0 unspecified atom stereocenters. The van der Waals surface area contributed by atoms with Gasteiger partial charge < -0.3 is 4.74 Å². The Morgan fingerprint density at radius 1 is 1.10 bits per heavy atom. The van der Waals surface area contributed by atoms with Crippen LogP contribution in [0.25, 0.3) is 21.6 Å². The Morgan fingerprint density at radius 3 is 2.85 bits per heavy atom. The average Bonchev–Trinajstić information content (AvgIpc) is 3.07. The molecule has 0 bridgehead atoms. The van der Waals surface area contributed by atoms with E-state index in [2.05, 4.69) is 12.1 Å². The van der Waals surface area contributed by atoms with Crippen LogP contribution >= 0.6 is 11.3 Å². The van der Waals surface area contributed by atoms with Gasteiger partial charge in [-0.25, -0.2) is 9.97 Å². The van der Waals surface area contributed by atoms with Crippen LogP contribution in [-0.2, 0) is 12.8 Å². The Morgan fingerprint density at radius 2 is 2.00 bits per heavy atom. The minimum absolute atomic E-state index is 0.837. The molecule has 4 heteroatoms. The number of aromatic nitrogens is 2. The van der Waals surface area contributed by atoms with Crippen molar-refractivity contribution in [1.82, 2.24) is 9.97 Å². The highest BCUT2D eigenvalue weighted by atomic mass is 32.1. The van der Waals surface area contributed by atoms with Gasteiger partial charge in [0.25, 0.3) is 0 Å². The molecule has 0 aliphatic heterocycles. The van der Waals surface area contributed by atoms with Gasteiger partial charge in [-0.15, -0.1) is 11.3 Å². The maximum atomic E-state index is 5.26. The van der Waals surface area contributed by atoms with E-state index in [9.17, 15) is 0 Å². The number of aryl methyl sites for hydroxylation is 2. The molecule has 1 aliphatic rings. The molecule has 0 atom stereocenters. The summed E-state index contributed by atoms with van der Waals surface area (Å²) in [5, 5.41) is 2.16. The average molecular weight is 282 g/mol. The summed E-state index contributed by atoms with van der Waals surface area (Å²) in [6, 6.07) is 10.1. The fourth-order valence-corrected chi connectivity index (χ4v) is 3.76. The summed E-state index contributed by atoms with van der Waals surface area (Å²) in [7, 11) is 1.68. The topological polar surface area (TPSA) is 35.0 Å². The predicted molar refractivity (Wildman–Crippen MR) is 81.4 cm³/mol. The van der Waals surface area contributed by atoms with E-state index in [1.165, 1.54) is 23.4 Å². The quantitative estimate of drug-likeness (QED) is 0.716. The second kappa shape index (κ2) is 4.56. The molecule has 1 aromatic carbocycles. The fourth-order valence-electron chi connectivity index (χ4n) is 2.64. The van der Waals surface area contributed by atoms with Crippen molar-refractivity contribution in [2.75, 3.05) is 7.11 Å². The highest BCUT2D eigenvalue weighted by Gasteiger charge is 2.18. The van der Waals surface area contributed by atoms with E-state index in [1.807, 2.05) is 18.2 Å². The smallest absolute Gasteiger partial charge is 0.142 e. The van der Waals surface area contributed by atoms with Gasteiger partial charge in [-0.3, -0.25) is 0 Å². The largest absolute Gasteiger partial charge is 0.497 e. The van der Waals surface area contributed by atoms with Crippen LogP contribution < -0.4 is 4.74 Å². The van der Waals surface area contributed by atoms with E-state index >= 15 is 0 Å². The summed E-state index contributed by atoms with van der Waals surface area (Å²) < 4.78 is 5.26. The number of hydrogen-bond donors (Lipinski definition) is 0. The highest BCUT2D eigenvalue weighted by molar-refractivity contribution is 7.15. The maximum Gasteiger partial charge on any atom is 0.142 e. The normalized spacial score (nSPS) is 13.7. The van der Waals surface area contributed by atoms with Gasteiger partial charge in [0.05, 0.1) is 24.0 Å². The summed E-state index contributed by atoms with van der Waals surface area (Å²) in [5.74, 6) is 0.837.